The smallest absolute Gasteiger partial charge is 0.226 e. The summed E-state index contributed by atoms with van der Waals surface area (Å²) in [7, 11) is 0. The first-order valence-electron chi connectivity index (χ1n) is 17.9. The molecule has 4 aliphatic rings. The van der Waals surface area contributed by atoms with Crippen LogP contribution in [0.25, 0.3) is 22.0 Å². The molecule has 0 radical (unpaired) electrons. The fourth-order valence-corrected chi connectivity index (χ4v) is 10.5. The molecule has 0 saturated heterocycles. The van der Waals surface area contributed by atoms with Crippen molar-refractivity contribution in [3.8, 4) is 11.3 Å². The largest absolute Gasteiger partial charge is 0.361 e. The summed E-state index contributed by atoms with van der Waals surface area (Å²) in [5.74, 6) is 0.0550. The Balaban J connectivity index is 1.55. The average molecular weight is 630 g/mol. The summed E-state index contributed by atoms with van der Waals surface area (Å²) >= 11 is 0. The van der Waals surface area contributed by atoms with Gasteiger partial charge in [-0.1, -0.05) is 99.1 Å². The van der Waals surface area contributed by atoms with Crippen LogP contribution < -0.4 is 9.88 Å². The Morgan fingerprint density at radius 1 is 1.00 bits per heavy atom. The van der Waals surface area contributed by atoms with E-state index < -0.39 is 22.0 Å². The molecule has 1 N–H and O–H groups in total. The van der Waals surface area contributed by atoms with Gasteiger partial charge in [-0.2, -0.15) is 9.67 Å². The summed E-state index contributed by atoms with van der Waals surface area (Å²) in [5.41, 5.74) is 7.22. The molecular weight excluding hydrogens is 579 g/mol. The quantitative estimate of drug-likeness (QED) is 0.223. The fourth-order valence-electron chi connectivity index (χ4n) is 10.5. The number of fused-ring (bicyclic) bond motifs is 7. The van der Waals surface area contributed by atoms with Crippen LogP contribution >= 0.6 is 0 Å². The van der Waals surface area contributed by atoms with Crippen molar-refractivity contribution in [1.29, 1.82) is 0 Å². The second-order valence-electron chi connectivity index (χ2n) is 16.2. The van der Waals surface area contributed by atoms with Gasteiger partial charge >= 0.3 is 0 Å². The van der Waals surface area contributed by atoms with Crippen molar-refractivity contribution in [3.63, 3.8) is 0 Å². The Morgan fingerprint density at radius 2 is 1.79 bits per heavy atom. The lowest BCUT2D eigenvalue weighted by molar-refractivity contribution is -0.740. The summed E-state index contributed by atoms with van der Waals surface area (Å²) in [6.07, 6.45) is 16.1. The minimum Gasteiger partial charge on any atom is -0.361 e. The molecular formula is C42H50FN4+. The Labute approximate surface area is 279 Å². The van der Waals surface area contributed by atoms with E-state index in [2.05, 4.69) is 138 Å². The van der Waals surface area contributed by atoms with Crippen molar-refractivity contribution in [2.45, 2.75) is 128 Å². The highest BCUT2D eigenvalue weighted by atomic mass is 19.1. The number of unbranched alkanes of at least 4 members (excludes halogenated alkanes) is 1. The molecule has 0 amide bonds. The van der Waals surface area contributed by atoms with Crippen LogP contribution in [0.5, 0.6) is 0 Å². The number of aryl methyl sites for hydroxylation is 1. The standard InChI is InChI=1S/C42H50FN4/c1-10-13-17-27-23-28-20-22-46-37-34(28)30(24-27)39(8,9)36-31(43)19-18-29(35(36)37)40(11-2)41(46,12-3)42(40)44-21-15-14-16-26(4)32-25-33(38(5,6)7)45-47(32)42/h14-16,18-26,44H,10-13,17H2,1-9H3/q+1/b16-14-,21-15-. The SMILES string of the molecule is CCCCc1cc2c3c4[n+](ccc3c1)C1(CC)C(CC)(c3ccc(F)c(c3-4)C2(C)C)C12N/C=C\C=C/C(C)c1cc(C(C)(C)C)nn12. The molecule has 4 heterocycles. The number of nitrogens with zero attached hydrogens (tertiary/aromatic N) is 3. The molecule has 0 bridgehead atoms. The Morgan fingerprint density at radius 3 is 2.49 bits per heavy atom. The molecule has 2 aliphatic heterocycles. The molecule has 47 heavy (non-hydrogen) atoms. The lowest BCUT2D eigenvalue weighted by atomic mass is 9.65. The van der Waals surface area contributed by atoms with Gasteiger partial charge in [0.15, 0.2) is 6.20 Å². The summed E-state index contributed by atoms with van der Waals surface area (Å²) in [5, 5.41) is 12.2. The number of rotatable bonds is 5. The number of pyridine rings is 1. The molecule has 1 spiro atoms. The number of nitrogens with one attached hydrogen (secondary N) is 1. The second-order valence-corrected chi connectivity index (χ2v) is 16.2. The van der Waals surface area contributed by atoms with Crippen LogP contribution in [0, 0.1) is 5.82 Å². The molecule has 4 atom stereocenters. The van der Waals surface area contributed by atoms with Gasteiger partial charge in [0.25, 0.3) is 0 Å². The molecule has 5 heteroatoms. The zero-order valence-corrected chi connectivity index (χ0v) is 29.7. The number of hydrogen-bond donors (Lipinski definition) is 1. The average Bonchev–Trinajstić information content (AvgIpc) is 3.27. The van der Waals surface area contributed by atoms with Crippen LogP contribution in [-0.4, -0.2) is 9.78 Å². The zero-order chi connectivity index (χ0) is 33.3. The van der Waals surface area contributed by atoms with Crippen molar-refractivity contribution < 1.29 is 8.96 Å². The monoisotopic (exact) mass is 629 g/mol. The highest BCUT2D eigenvalue weighted by Crippen LogP contribution is 2.78. The van der Waals surface area contributed by atoms with Gasteiger partial charge in [-0.25, -0.2) is 9.07 Å². The van der Waals surface area contributed by atoms with E-state index in [4.69, 9.17) is 5.10 Å². The van der Waals surface area contributed by atoms with Gasteiger partial charge in [0, 0.05) is 40.5 Å². The second kappa shape index (κ2) is 9.67. The van der Waals surface area contributed by atoms with Gasteiger partial charge in [-0.3, -0.25) is 0 Å². The number of allylic oxidation sites excluding steroid dienone is 3. The van der Waals surface area contributed by atoms with Gasteiger partial charge in [0.1, 0.15) is 11.2 Å². The van der Waals surface area contributed by atoms with Gasteiger partial charge in [-0.15, -0.1) is 0 Å². The van der Waals surface area contributed by atoms with E-state index in [0.717, 1.165) is 48.9 Å². The summed E-state index contributed by atoms with van der Waals surface area (Å²) in [4.78, 5) is 0. The molecule has 1 fully saturated rings. The number of halogens is 1. The van der Waals surface area contributed by atoms with E-state index in [1.807, 2.05) is 0 Å². The van der Waals surface area contributed by atoms with Crippen LogP contribution in [0.3, 0.4) is 0 Å². The van der Waals surface area contributed by atoms with E-state index in [-0.39, 0.29) is 17.2 Å². The third-order valence-electron chi connectivity index (χ3n) is 12.6. The Kier molecular flexibility index (Phi) is 6.30. The van der Waals surface area contributed by atoms with Crippen molar-refractivity contribution in [3.05, 3.63) is 106 Å². The van der Waals surface area contributed by atoms with E-state index >= 15 is 4.39 Å². The van der Waals surface area contributed by atoms with Crippen LogP contribution in [0.4, 0.5) is 4.39 Å². The molecule has 4 aromatic rings. The third kappa shape index (κ3) is 3.39. The summed E-state index contributed by atoms with van der Waals surface area (Å²) in [6.45, 7) is 20.4. The predicted molar refractivity (Wildman–Crippen MR) is 189 cm³/mol. The van der Waals surface area contributed by atoms with Crippen molar-refractivity contribution in [2.75, 3.05) is 0 Å². The van der Waals surface area contributed by atoms with E-state index in [1.165, 1.54) is 38.9 Å². The number of aromatic nitrogens is 3. The Hall–Kier alpha value is -3.73. The van der Waals surface area contributed by atoms with E-state index in [9.17, 15) is 0 Å². The molecule has 4 unspecified atom stereocenters. The summed E-state index contributed by atoms with van der Waals surface area (Å²) < 4.78 is 21.6. The Bertz CT molecular complexity index is 2040. The lowest BCUT2D eigenvalue weighted by Gasteiger charge is -2.39. The molecule has 2 aliphatic carbocycles. The topological polar surface area (TPSA) is 33.7 Å². The fraction of sp³-hybridized carbons (Fsp3) is 0.476. The van der Waals surface area contributed by atoms with Crippen LogP contribution in [0.15, 0.2) is 67.0 Å². The first-order valence-corrected chi connectivity index (χ1v) is 17.9. The number of hydrogen-bond acceptors (Lipinski definition) is 2. The van der Waals surface area contributed by atoms with E-state index in [1.54, 1.807) is 6.07 Å². The normalized spacial score (nSPS) is 28.9. The maximum Gasteiger partial charge on any atom is 0.226 e. The minimum atomic E-state index is -0.623. The molecule has 2 aromatic carbocycles. The first kappa shape index (κ1) is 30.6. The van der Waals surface area contributed by atoms with Gasteiger partial charge < -0.3 is 5.32 Å². The number of benzene rings is 2. The maximum atomic E-state index is 16.6. The molecule has 1 saturated carbocycles. The third-order valence-corrected chi connectivity index (χ3v) is 12.6. The van der Waals surface area contributed by atoms with Crippen molar-refractivity contribution in [2.24, 2.45) is 0 Å². The van der Waals surface area contributed by atoms with Crippen LogP contribution in [-0.2, 0) is 33.9 Å². The molecule has 8 rings (SSSR count). The first-order chi connectivity index (χ1) is 22.4. The highest BCUT2D eigenvalue weighted by molar-refractivity contribution is 6.02. The predicted octanol–water partition coefficient (Wildman–Crippen LogP) is 9.32. The summed E-state index contributed by atoms with van der Waals surface area (Å²) in [6, 6.07) is 13.4. The van der Waals surface area contributed by atoms with Gasteiger partial charge in [-0.05, 0) is 65.7 Å². The lowest BCUT2D eigenvalue weighted by Crippen LogP contribution is -2.59. The van der Waals surface area contributed by atoms with Gasteiger partial charge in [0.2, 0.25) is 16.9 Å². The van der Waals surface area contributed by atoms with Gasteiger partial charge in [0.05, 0.1) is 16.6 Å². The highest BCUT2D eigenvalue weighted by Gasteiger charge is 2.97. The zero-order valence-electron chi connectivity index (χ0n) is 29.7. The van der Waals surface area contributed by atoms with E-state index in [0.29, 0.717) is 0 Å². The molecule has 244 valence electrons. The van der Waals surface area contributed by atoms with Crippen molar-refractivity contribution in [1.82, 2.24) is 15.1 Å². The molecule has 4 nitrogen and oxygen atoms in total. The van der Waals surface area contributed by atoms with Crippen molar-refractivity contribution >= 4 is 10.8 Å². The minimum absolute atomic E-state index is 0.109. The van der Waals surface area contributed by atoms with Crippen LogP contribution in [0.1, 0.15) is 128 Å². The van der Waals surface area contributed by atoms with Crippen LogP contribution in [0.2, 0.25) is 0 Å². The maximum absolute atomic E-state index is 16.6. The molecule has 2 aromatic heterocycles.